The molecule has 0 N–H and O–H groups in total. The van der Waals surface area contributed by atoms with E-state index in [0.717, 1.165) is 25.1 Å². The molecule has 0 unspecified atom stereocenters. The molecule has 1 aromatic carbocycles. The molecule has 1 fully saturated rings. The molecule has 3 heteroatoms. The molecule has 0 spiro atoms. The number of likely N-dealkylation sites (tertiary alicyclic amines) is 1. The summed E-state index contributed by atoms with van der Waals surface area (Å²) >= 11 is 0. The van der Waals surface area contributed by atoms with Crippen LogP contribution < -0.4 is 4.74 Å². The van der Waals surface area contributed by atoms with E-state index in [0.29, 0.717) is 0 Å². The van der Waals surface area contributed by atoms with Crippen LogP contribution in [0.3, 0.4) is 0 Å². The summed E-state index contributed by atoms with van der Waals surface area (Å²) in [6, 6.07) is 8.30. The van der Waals surface area contributed by atoms with Crippen molar-refractivity contribution >= 4 is 5.91 Å². The Morgan fingerprint density at radius 2 is 2.00 bits per heavy atom. The van der Waals surface area contributed by atoms with Gasteiger partial charge in [-0.05, 0) is 30.5 Å². The van der Waals surface area contributed by atoms with Crippen molar-refractivity contribution in [1.29, 1.82) is 0 Å². The van der Waals surface area contributed by atoms with Gasteiger partial charge in [0.05, 0.1) is 13.2 Å². The van der Waals surface area contributed by atoms with Crippen LogP contribution in [0.1, 0.15) is 38.3 Å². The first-order chi connectivity index (χ1) is 8.63. The minimum absolute atomic E-state index is 0.0730. The highest BCUT2D eigenvalue weighted by Gasteiger charge is 2.30. The third-order valence-electron chi connectivity index (χ3n) is 3.53. The average Bonchev–Trinajstić information content (AvgIpc) is 2.87. The standard InChI is InChI=1S/C15H21NO2/c1-11(2)15(17)16-10-4-5-14(16)12-6-8-13(18-3)9-7-12/h6-9,11,14H,4-5,10H2,1-3H3/t14-/m1/s1. The lowest BCUT2D eigenvalue weighted by Gasteiger charge is -2.26. The van der Waals surface area contributed by atoms with Gasteiger partial charge in [-0.25, -0.2) is 0 Å². The summed E-state index contributed by atoms with van der Waals surface area (Å²) in [6.45, 7) is 4.81. The first kappa shape index (κ1) is 12.9. The van der Waals surface area contributed by atoms with Gasteiger partial charge in [-0.15, -0.1) is 0 Å². The van der Waals surface area contributed by atoms with Crippen molar-refractivity contribution in [1.82, 2.24) is 4.90 Å². The van der Waals surface area contributed by atoms with E-state index in [2.05, 4.69) is 12.1 Å². The fraction of sp³-hybridized carbons (Fsp3) is 0.533. The van der Waals surface area contributed by atoms with E-state index in [4.69, 9.17) is 4.74 Å². The van der Waals surface area contributed by atoms with E-state index in [-0.39, 0.29) is 17.9 Å². The molecule has 1 heterocycles. The van der Waals surface area contributed by atoms with E-state index in [1.807, 2.05) is 30.9 Å². The first-order valence-electron chi connectivity index (χ1n) is 6.58. The largest absolute Gasteiger partial charge is 0.497 e. The fourth-order valence-electron chi connectivity index (χ4n) is 2.53. The highest BCUT2D eigenvalue weighted by Crippen LogP contribution is 2.33. The van der Waals surface area contributed by atoms with Gasteiger partial charge in [-0.1, -0.05) is 26.0 Å². The van der Waals surface area contributed by atoms with Gasteiger partial charge in [0.2, 0.25) is 5.91 Å². The van der Waals surface area contributed by atoms with E-state index in [1.54, 1.807) is 7.11 Å². The lowest BCUT2D eigenvalue weighted by atomic mass is 10.0. The van der Waals surface area contributed by atoms with Crippen LogP contribution in [0.25, 0.3) is 0 Å². The molecule has 3 nitrogen and oxygen atoms in total. The summed E-state index contributed by atoms with van der Waals surface area (Å²) < 4.78 is 5.16. The summed E-state index contributed by atoms with van der Waals surface area (Å²) in [4.78, 5) is 14.2. The molecule has 98 valence electrons. The molecule has 0 aliphatic carbocycles. The quantitative estimate of drug-likeness (QED) is 0.821. The van der Waals surface area contributed by atoms with Crippen LogP contribution in [-0.4, -0.2) is 24.5 Å². The highest BCUT2D eigenvalue weighted by molar-refractivity contribution is 5.78. The van der Waals surface area contributed by atoms with Crippen LogP contribution >= 0.6 is 0 Å². The van der Waals surface area contributed by atoms with Crippen molar-refractivity contribution in [2.24, 2.45) is 5.92 Å². The minimum Gasteiger partial charge on any atom is -0.497 e. The molecule has 1 saturated heterocycles. The van der Waals surface area contributed by atoms with Crippen molar-refractivity contribution in [3.05, 3.63) is 29.8 Å². The predicted octanol–water partition coefficient (Wildman–Crippen LogP) is 3.01. The number of hydrogen-bond donors (Lipinski definition) is 0. The number of nitrogens with zero attached hydrogens (tertiary/aromatic N) is 1. The number of carbonyl (C=O) groups excluding carboxylic acids is 1. The zero-order chi connectivity index (χ0) is 13.1. The zero-order valence-corrected chi connectivity index (χ0v) is 11.3. The smallest absolute Gasteiger partial charge is 0.225 e. The lowest BCUT2D eigenvalue weighted by molar-refractivity contribution is -0.135. The molecular formula is C15H21NO2. The molecule has 1 atom stereocenters. The van der Waals surface area contributed by atoms with Crippen LogP contribution in [0, 0.1) is 5.92 Å². The Balaban J connectivity index is 2.17. The summed E-state index contributed by atoms with van der Waals surface area (Å²) in [6.07, 6.45) is 2.15. The fourth-order valence-corrected chi connectivity index (χ4v) is 2.53. The van der Waals surface area contributed by atoms with Gasteiger partial charge in [0.1, 0.15) is 5.75 Å². The van der Waals surface area contributed by atoms with E-state index in [1.165, 1.54) is 5.56 Å². The Morgan fingerprint density at radius 1 is 1.33 bits per heavy atom. The normalized spacial score (nSPS) is 19.3. The second-order valence-corrected chi connectivity index (χ2v) is 5.12. The number of rotatable bonds is 3. The van der Waals surface area contributed by atoms with Gasteiger partial charge in [-0.3, -0.25) is 4.79 Å². The van der Waals surface area contributed by atoms with Crippen molar-refractivity contribution in [2.45, 2.75) is 32.7 Å². The zero-order valence-electron chi connectivity index (χ0n) is 11.3. The van der Waals surface area contributed by atoms with Crippen LogP contribution in [-0.2, 0) is 4.79 Å². The van der Waals surface area contributed by atoms with Gasteiger partial charge < -0.3 is 9.64 Å². The molecule has 2 rings (SSSR count). The molecule has 1 amide bonds. The average molecular weight is 247 g/mol. The maximum Gasteiger partial charge on any atom is 0.225 e. The third kappa shape index (κ3) is 2.50. The Morgan fingerprint density at radius 3 is 2.56 bits per heavy atom. The summed E-state index contributed by atoms with van der Waals surface area (Å²) in [5.41, 5.74) is 1.21. The molecule has 1 aliphatic rings. The van der Waals surface area contributed by atoms with Crippen LogP contribution in [0.4, 0.5) is 0 Å². The number of carbonyl (C=O) groups is 1. The van der Waals surface area contributed by atoms with Gasteiger partial charge >= 0.3 is 0 Å². The molecule has 0 aromatic heterocycles. The highest BCUT2D eigenvalue weighted by atomic mass is 16.5. The monoisotopic (exact) mass is 247 g/mol. The maximum absolute atomic E-state index is 12.2. The third-order valence-corrected chi connectivity index (χ3v) is 3.53. The number of benzene rings is 1. The number of methoxy groups -OCH3 is 1. The molecule has 1 aliphatic heterocycles. The Bertz CT molecular complexity index is 411. The van der Waals surface area contributed by atoms with Crippen LogP contribution in [0.2, 0.25) is 0 Å². The lowest BCUT2D eigenvalue weighted by Crippen LogP contribution is -2.33. The van der Waals surface area contributed by atoms with E-state index < -0.39 is 0 Å². The topological polar surface area (TPSA) is 29.5 Å². The predicted molar refractivity (Wildman–Crippen MR) is 71.5 cm³/mol. The van der Waals surface area contributed by atoms with Crippen molar-refractivity contribution in [2.75, 3.05) is 13.7 Å². The van der Waals surface area contributed by atoms with Gasteiger partial charge in [0.25, 0.3) is 0 Å². The summed E-state index contributed by atoms with van der Waals surface area (Å²) in [7, 11) is 1.67. The molecule has 18 heavy (non-hydrogen) atoms. The Hall–Kier alpha value is -1.51. The van der Waals surface area contributed by atoms with Crippen LogP contribution in [0.5, 0.6) is 5.75 Å². The Labute approximate surface area is 109 Å². The summed E-state index contributed by atoms with van der Waals surface area (Å²) in [5, 5.41) is 0. The van der Waals surface area contributed by atoms with Crippen molar-refractivity contribution in [3.8, 4) is 5.75 Å². The SMILES string of the molecule is COc1ccc([C@H]2CCCN2C(=O)C(C)C)cc1. The molecule has 0 radical (unpaired) electrons. The second kappa shape index (κ2) is 5.42. The number of ether oxygens (including phenoxy) is 1. The first-order valence-corrected chi connectivity index (χ1v) is 6.58. The maximum atomic E-state index is 12.2. The number of amides is 1. The molecular weight excluding hydrogens is 226 g/mol. The van der Waals surface area contributed by atoms with Crippen LogP contribution in [0.15, 0.2) is 24.3 Å². The molecule has 1 aromatic rings. The number of hydrogen-bond acceptors (Lipinski definition) is 2. The van der Waals surface area contributed by atoms with E-state index in [9.17, 15) is 4.79 Å². The van der Waals surface area contributed by atoms with Gasteiger partial charge in [0, 0.05) is 12.5 Å². The van der Waals surface area contributed by atoms with Gasteiger partial charge in [-0.2, -0.15) is 0 Å². The molecule has 0 saturated carbocycles. The van der Waals surface area contributed by atoms with E-state index >= 15 is 0 Å². The van der Waals surface area contributed by atoms with Gasteiger partial charge in [0.15, 0.2) is 0 Å². The second-order valence-electron chi connectivity index (χ2n) is 5.12. The Kier molecular flexibility index (Phi) is 3.90. The summed E-state index contributed by atoms with van der Waals surface area (Å²) in [5.74, 6) is 1.19. The molecule has 0 bridgehead atoms. The van der Waals surface area contributed by atoms with Crippen molar-refractivity contribution < 1.29 is 9.53 Å². The van der Waals surface area contributed by atoms with Crippen molar-refractivity contribution in [3.63, 3.8) is 0 Å². The minimum atomic E-state index is 0.0730.